The van der Waals surface area contributed by atoms with Crippen LogP contribution in [0.25, 0.3) is 0 Å². The third-order valence-corrected chi connectivity index (χ3v) is 6.09. The molecule has 3 heterocycles. The summed E-state index contributed by atoms with van der Waals surface area (Å²) in [6, 6.07) is 8.98. The van der Waals surface area contributed by atoms with Gasteiger partial charge in [-0.3, -0.25) is 9.59 Å². The first kappa shape index (κ1) is 20.4. The molecule has 1 aliphatic carbocycles. The van der Waals surface area contributed by atoms with E-state index in [2.05, 4.69) is 33.7 Å². The van der Waals surface area contributed by atoms with Crippen LogP contribution in [0.4, 0.5) is 0 Å². The summed E-state index contributed by atoms with van der Waals surface area (Å²) < 4.78 is 7.62. The lowest BCUT2D eigenvalue weighted by Crippen LogP contribution is -2.48. The fourth-order valence-corrected chi connectivity index (χ4v) is 4.34. The number of carbonyl (C=O) groups excluding carboxylic acids is 2. The van der Waals surface area contributed by atoms with E-state index in [0.717, 1.165) is 24.2 Å². The van der Waals surface area contributed by atoms with Crippen LogP contribution in [0.2, 0.25) is 0 Å². The predicted octanol–water partition coefficient (Wildman–Crippen LogP) is 1.37. The van der Waals surface area contributed by atoms with E-state index >= 15 is 0 Å². The van der Waals surface area contributed by atoms with Crippen molar-refractivity contribution < 1.29 is 14.3 Å². The van der Waals surface area contributed by atoms with Gasteiger partial charge in [0, 0.05) is 13.6 Å². The van der Waals surface area contributed by atoms with Crippen molar-refractivity contribution >= 4 is 11.8 Å². The van der Waals surface area contributed by atoms with Gasteiger partial charge in [-0.15, -0.1) is 5.10 Å². The number of benzene rings is 1. The number of ether oxygens (including phenoxy) is 1. The van der Waals surface area contributed by atoms with Crippen LogP contribution >= 0.6 is 0 Å². The molecule has 0 saturated heterocycles. The van der Waals surface area contributed by atoms with Gasteiger partial charge < -0.3 is 20.3 Å². The highest BCUT2D eigenvalue weighted by atomic mass is 16.5. The second kappa shape index (κ2) is 8.23. The number of amides is 2. The van der Waals surface area contributed by atoms with Gasteiger partial charge in [0.25, 0.3) is 11.8 Å². The van der Waals surface area contributed by atoms with Crippen LogP contribution in [0.15, 0.2) is 53.9 Å². The monoisotopic (exact) mass is 434 g/mol. The highest BCUT2D eigenvalue weighted by Gasteiger charge is 2.34. The van der Waals surface area contributed by atoms with Gasteiger partial charge in [0.15, 0.2) is 0 Å². The van der Waals surface area contributed by atoms with Gasteiger partial charge in [-0.1, -0.05) is 43.3 Å². The molecule has 2 amide bonds. The number of nitrogens with one attached hydrogen (secondary N) is 2. The largest absolute Gasteiger partial charge is 0.489 e. The number of allylic oxidation sites excluding steroid dienone is 3. The molecular formula is C23H26N6O3. The van der Waals surface area contributed by atoms with Crippen molar-refractivity contribution in [3.05, 3.63) is 71.2 Å². The molecule has 32 heavy (non-hydrogen) atoms. The van der Waals surface area contributed by atoms with Gasteiger partial charge in [-0.25, -0.2) is 9.67 Å². The number of carbonyl (C=O) groups is 2. The number of aromatic nitrogens is 3. The molecule has 3 aliphatic rings. The number of rotatable bonds is 3. The number of hydrogen-bond acceptors (Lipinski definition) is 6. The van der Waals surface area contributed by atoms with E-state index in [-0.39, 0.29) is 24.4 Å². The molecule has 1 aromatic heterocycles. The normalized spacial score (nSPS) is 25.0. The Morgan fingerprint density at radius 2 is 2.09 bits per heavy atom. The lowest BCUT2D eigenvalue weighted by atomic mass is 9.98. The van der Waals surface area contributed by atoms with E-state index in [1.807, 2.05) is 36.4 Å². The van der Waals surface area contributed by atoms with Crippen LogP contribution < -0.4 is 10.6 Å². The van der Waals surface area contributed by atoms with E-state index in [1.54, 1.807) is 16.6 Å². The molecule has 2 aromatic rings. The summed E-state index contributed by atoms with van der Waals surface area (Å²) in [5.41, 5.74) is 1.90. The van der Waals surface area contributed by atoms with Gasteiger partial charge in [-0.2, -0.15) is 0 Å². The van der Waals surface area contributed by atoms with Gasteiger partial charge in [-0.05, 0) is 24.0 Å². The number of hydrogen-bond donors (Lipinski definition) is 2. The van der Waals surface area contributed by atoms with Crippen molar-refractivity contribution in [2.75, 3.05) is 20.2 Å². The molecule has 9 heteroatoms. The SMILES string of the molecule is CC1C=CC2=C(C1)N(C)C(=O)[C@@H](NC(=O)c1nc3n(n1)CCNC3c1ccccc1)CO2. The minimum Gasteiger partial charge on any atom is -0.489 e. The van der Waals surface area contributed by atoms with Crippen LogP contribution in [0.1, 0.15) is 41.4 Å². The summed E-state index contributed by atoms with van der Waals surface area (Å²) in [7, 11) is 1.72. The van der Waals surface area contributed by atoms with E-state index in [4.69, 9.17) is 4.74 Å². The van der Waals surface area contributed by atoms with Crippen molar-refractivity contribution in [2.24, 2.45) is 5.92 Å². The lowest BCUT2D eigenvalue weighted by Gasteiger charge is -2.25. The number of nitrogens with zero attached hydrogens (tertiary/aromatic N) is 4. The zero-order chi connectivity index (χ0) is 22.2. The summed E-state index contributed by atoms with van der Waals surface area (Å²) in [4.78, 5) is 32.1. The quantitative estimate of drug-likeness (QED) is 0.757. The average Bonchev–Trinajstić information content (AvgIpc) is 3.22. The molecule has 0 fully saturated rings. The molecular weight excluding hydrogens is 408 g/mol. The maximum atomic E-state index is 13.0. The molecule has 9 nitrogen and oxygen atoms in total. The van der Waals surface area contributed by atoms with Gasteiger partial charge >= 0.3 is 0 Å². The molecule has 5 rings (SSSR count). The molecule has 0 bridgehead atoms. The molecule has 1 aromatic carbocycles. The van der Waals surface area contributed by atoms with Crippen LogP contribution in [0, 0.1) is 5.92 Å². The first-order chi connectivity index (χ1) is 15.5. The van der Waals surface area contributed by atoms with Crippen molar-refractivity contribution in [1.29, 1.82) is 0 Å². The topological polar surface area (TPSA) is 101 Å². The average molecular weight is 435 g/mol. The van der Waals surface area contributed by atoms with Crippen LogP contribution in [-0.2, 0) is 16.1 Å². The summed E-state index contributed by atoms with van der Waals surface area (Å²) >= 11 is 0. The summed E-state index contributed by atoms with van der Waals surface area (Å²) in [6.45, 7) is 3.49. The Labute approximate surface area is 186 Å². The Kier molecular flexibility index (Phi) is 5.26. The smallest absolute Gasteiger partial charge is 0.291 e. The standard InChI is InChI=1S/C23H26N6O3/c1-14-8-9-18-17(12-14)28(2)23(31)16(13-32-18)25-22(30)20-26-21-19(15-6-4-3-5-7-15)24-10-11-29(21)27-20/h3-9,14,16,19,24H,10-13H2,1-2H3,(H,25,30)/t14?,16-,19?/m0/s1. The zero-order valence-corrected chi connectivity index (χ0v) is 18.1. The highest BCUT2D eigenvalue weighted by Crippen LogP contribution is 2.29. The summed E-state index contributed by atoms with van der Waals surface area (Å²) in [5.74, 6) is 1.05. The summed E-state index contributed by atoms with van der Waals surface area (Å²) in [6.07, 6.45) is 4.68. The molecule has 0 radical (unpaired) electrons. The molecule has 2 unspecified atom stereocenters. The molecule has 2 N–H and O–H groups in total. The second-order valence-electron chi connectivity index (χ2n) is 8.40. The van der Waals surface area contributed by atoms with Gasteiger partial charge in [0.2, 0.25) is 5.82 Å². The maximum Gasteiger partial charge on any atom is 0.291 e. The second-order valence-corrected chi connectivity index (χ2v) is 8.40. The lowest BCUT2D eigenvalue weighted by molar-refractivity contribution is -0.130. The van der Waals surface area contributed by atoms with E-state index in [9.17, 15) is 9.59 Å². The molecule has 166 valence electrons. The van der Waals surface area contributed by atoms with Crippen LogP contribution in [0.3, 0.4) is 0 Å². The fraction of sp³-hybridized carbons (Fsp3) is 0.391. The van der Waals surface area contributed by atoms with Crippen LogP contribution in [-0.4, -0.2) is 57.7 Å². The van der Waals surface area contributed by atoms with Crippen LogP contribution in [0.5, 0.6) is 0 Å². The molecule has 0 spiro atoms. The third kappa shape index (κ3) is 3.69. The van der Waals surface area contributed by atoms with E-state index < -0.39 is 11.9 Å². The fourth-order valence-electron chi connectivity index (χ4n) is 4.34. The first-order valence-electron chi connectivity index (χ1n) is 10.9. The van der Waals surface area contributed by atoms with Crippen molar-refractivity contribution in [3.8, 4) is 0 Å². The predicted molar refractivity (Wildman–Crippen MR) is 116 cm³/mol. The Balaban J connectivity index is 1.34. The Hall–Kier alpha value is -3.46. The first-order valence-corrected chi connectivity index (χ1v) is 10.9. The number of fused-ring (bicyclic) bond motifs is 1. The highest BCUT2D eigenvalue weighted by molar-refractivity contribution is 5.95. The zero-order valence-electron chi connectivity index (χ0n) is 18.1. The van der Waals surface area contributed by atoms with E-state index in [0.29, 0.717) is 24.0 Å². The van der Waals surface area contributed by atoms with Crippen molar-refractivity contribution in [2.45, 2.75) is 32.0 Å². The molecule has 3 atom stereocenters. The van der Waals surface area contributed by atoms with E-state index in [1.165, 1.54) is 0 Å². The maximum absolute atomic E-state index is 13.0. The third-order valence-electron chi connectivity index (χ3n) is 6.09. The minimum absolute atomic E-state index is 0.0515. The Bertz CT molecular complexity index is 1110. The van der Waals surface area contributed by atoms with Crippen molar-refractivity contribution in [3.63, 3.8) is 0 Å². The Morgan fingerprint density at radius 3 is 2.91 bits per heavy atom. The minimum atomic E-state index is -0.814. The van der Waals surface area contributed by atoms with Gasteiger partial charge in [0.05, 0.1) is 18.3 Å². The Morgan fingerprint density at radius 1 is 1.28 bits per heavy atom. The van der Waals surface area contributed by atoms with Gasteiger partial charge in [0.1, 0.15) is 24.2 Å². The number of likely N-dealkylation sites (N-methyl/N-ethyl adjacent to an activating group) is 1. The molecule has 2 aliphatic heterocycles. The summed E-state index contributed by atoms with van der Waals surface area (Å²) in [5, 5.41) is 10.6. The molecule has 0 saturated carbocycles. The van der Waals surface area contributed by atoms with Crippen molar-refractivity contribution in [1.82, 2.24) is 30.3 Å².